The molecule has 1 aliphatic carbocycles. The summed E-state index contributed by atoms with van der Waals surface area (Å²) in [5, 5.41) is 9.85. The fourth-order valence-electron chi connectivity index (χ4n) is 4.17. The lowest BCUT2D eigenvalue weighted by molar-refractivity contribution is -0.156. The quantitative estimate of drug-likeness (QED) is 0.847. The van der Waals surface area contributed by atoms with Crippen LogP contribution in [0.4, 0.5) is 0 Å². The maximum absolute atomic E-state index is 12.0. The van der Waals surface area contributed by atoms with E-state index >= 15 is 0 Å². The Labute approximate surface area is 117 Å². The van der Waals surface area contributed by atoms with Crippen LogP contribution in [-0.2, 0) is 4.79 Å². The molecule has 1 aliphatic heterocycles. The molecule has 0 aromatic carbocycles. The van der Waals surface area contributed by atoms with E-state index in [2.05, 4.69) is 18.7 Å². The summed E-state index contributed by atoms with van der Waals surface area (Å²) in [6, 6.07) is 0. The van der Waals surface area contributed by atoms with Crippen LogP contribution in [0.15, 0.2) is 0 Å². The van der Waals surface area contributed by atoms with Crippen LogP contribution in [0.25, 0.3) is 0 Å². The molecule has 2 rings (SSSR count). The third-order valence-corrected chi connectivity index (χ3v) is 4.99. The molecule has 3 heteroatoms. The van der Waals surface area contributed by atoms with Gasteiger partial charge in [0.2, 0.25) is 0 Å². The lowest BCUT2D eigenvalue weighted by Crippen LogP contribution is -2.58. The first kappa shape index (κ1) is 14.8. The number of piperidine rings is 1. The SMILES string of the molecule is CC(C)CC1CCCC(C(=O)O)(N2CCCCC2)C1. The standard InChI is InChI=1S/C16H29NO2/c1-13(2)11-14-7-6-8-16(12-14,15(18)19)17-9-4-3-5-10-17/h13-14H,3-12H2,1-2H3,(H,18,19). The smallest absolute Gasteiger partial charge is 0.324 e. The molecule has 0 bridgehead atoms. The van der Waals surface area contributed by atoms with Crippen molar-refractivity contribution in [2.45, 2.75) is 70.8 Å². The molecule has 1 heterocycles. The minimum absolute atomic E-state index is 0.543. The summed E-state index contributed by atoms with van der Waals surface area (Å²) in [5.41, 5.74) is -0.543. The van der Waals surface area contributed by atoms with E-state index in [1.165, 1.54) is 32.1 Å². The second kappa shape index (κ2) is 6.25. The first-order chi connectivity index (χ1) is 9.04. The van der Waals surface area contributed by atoms with Gasteiger partial charge in [-0.15, -0.1) is 0 Å². The van der Waals surface area contributed by atoms with Gasteiger partial charge in [-0.05, 0) is 57.0 Å². The lowest BCUT2D eigenvalue weighted by Gasteiger charge is -2.47. The Bertz CT molecular complexity index is 310. The van der Waals surface area contributed by atoms with Crippen LogP contribution in [0.1, 0.15) is 65.2 Å². The number of carbonyl (C=O) groups is 1. The molecule has 0 radical (unpaired) electrons. The molecule has 110 valence electrons. The van der Waals surface area contributed by atoms with Crippen molar-refractivity contribution in [3.8, 4) is 0 Å². The summed E-state index contributed by atoms with van der Waals surface area (Å²) >= 11 is 0. The summed E-state index contributed by atoms with van der Waals surface area (Å²) in [6.07, 6.45) is 8.83. The molecular formula is C16H29NO2. The van der Waals surface area contributed by atoms with Gasteiger partial charge in [0.15, 0.2) is 0 Å². The minimum atomic E-state index is -0.567. The fraction of sp³-hybridized carbons (Fsp3) is 0.938. The molecule has 2 fully saturated rings. The van der Waals surface area contributed by atoms with Crippen LogP contribution in [-0.4, -0.2) is 34.6 Å². The number of aliphatic carboxylic acids is 1. The number of carboxylic acid groups (broad SMARTS) is 1. The Hall–Kier alpha value is -0.570. The fourth-order valence-corrected chi connectivity index (χ4v) is 4.17. The van der Waals surface area contributed by atoms with Crippen molar-refractivity contribution in [3.63, 3.8) is 0 Å². The van der Waals surface area contributed by atoms with E-state index in [4.69, 9.17) is 0 Å². The molecule has 1 N–H and O–H groups in total. The third-order valence-electron chi connectivity index (χ3n) is 4.99. The molecule has 3 nitrogen and oxygen atoms in total. The van der Waals surface area contributed by atoms with Gasteiger partial charge in [-0.3, -0.25) is 9.69 Å². The van der Waals surface area contributed by atoms with Crippen LogP contribution < -0.4 is 0 Å². The normalized spacial score (nSPS) is 33.5. The number of nitrogens with zero attached hydrogens (tertiary/aromatic N) is 1. The van der Waals surface area contributed by atoms with E-state index in [-0.39, 0.29) is 0 Å². The molecule has 0 aromatic rings. The van der Waals surface area contributed by atoms with Crippen molar-refractivity contribution >= 4 is 5.97 Å². The van der Waals surface area contributed by atoms with E-state index in [0.717, 1.165) is 32.4 Å². The van der Waals surface area contributed by atoms with Gasteiger partial charge in [0.25, 0.3) is 0 Å². The van der Waals surface area contributed by atoms with Gasteiger partial charge < -0.3 is 5.11 Å². The summed E-state index contributed by atoms with van der Waals surface area (Å²) in [5.74, 6) is 0.714. The van der Waals surface area contributed by atoms with Crippen LogP contribution in [0.3, 0.4) is 0 Å². The second-order valence-corrected chi connectivity index (χ2v) is 6.98. The molecule has 1 saturated carbocycles. The highest BCUT2D eigenvalue weighted by Gasteiger charge is 2.47. The maximum Gasteiger partial charge on any atom is 0.324 e. The monoisotopic (exact) mass is 267 g/mol. The van der Waals surface area contributed by atoms with Gasteiger partial charge in [-0.25, -0.2) is 0 Å². The average Bonchev–Trinajstić information content (AvgIpc) is 2.39. The second-order valence-electron chi connectivity index (χ2n) is 6.98. The molecule has 0 aromatic heterocycles. The molecule has 2 atom stereocenters. The average molecular weight is 267 g/mol. The number of rotatable bonds is 4. The first-order valence-corrected chi connectivity index (χ1v) is 8.03. The number of hydrogen-bond donors (Lipinski definition) is 1. The van der Waals surface area contributed by atoms with Crippen LogP contribution >= 0.6 is 0 Å². The predicted octanol–water partition coefficient (Wildman–Crippen LogP) is 3.53. The molecule has 2 aliphatic rings. The van der Waals surface area contributed by atoms with Crippen molar-refractivity contribution in [2.75, 3.05) is 13.1 Å². The van der Waals surface area contributed by atoms with E-state index in [1.807, 2.05) is 0 Å². The summed E-state index contributed by atoms with van der Waals surface area (Å²) in [4.78, 5) is 14.3. The highest BCUT2D eigenvalue weighted by atomic mass is 16.4. The van der Waals surface area contributed by atoms with Crippen molar-refractivity contribution in [3.05, 3.63) is 0 Å². The summed E-state index contributed by atoms with van der Waals surface area (Å²) < 4.78 is 0. The first-order valence-electron chi connectivity index (χ1n) is 8.03. The van der Waals surface area contributed by atoms with Gasteiger partial charge >= 0.3 is 5.97 Å². The predicted molar refractivity (Wildman–Crippen MR) is 77.2 cm³/mol. The summed E-state index contributed by atoms with van der Waals surface area (Å²) in [7, 11) is 0. The topological polar surface area (TPSA) is 40.5 Å². The Kier molecular flexibility index (Phi) is 4.88. The zero-order valence-electron chi connectivity index (χ0n) is 12.5. The van der Waals surface area contributed by atoms with Gasteiger partial charge in [0.05, 0.1) is 0 Å². The summed E-state index contributed by atoms with van der Waals surface area (Å²) in [6.45, 7) is 6.47. The zero-order valence-corrected chi connectivity index (χ0v) is 12.5. The minimum Gasteiger partial charge on any atom is -0.480 e. The molecule has 19 heavy (non-hydrogen) atoms. The lowest BCUT2D eigenvalue weighted by atomic mass is 9.71. The molecule has 2 unspecified atom stereocenters. The molecule has 1 saturated heterocycles. The van der Waals surface area contributed by atoms with Crippen molar-refractivity contribution < 1.29 is 9.90 Å². The van der Waals surface area contributed by atoms with Crippen molar-refractivity contribution in [2.24, 2.45) is 11.8 Å². The van der Waals surface area contributed by atoms with Crippen molar-refractivity contribution in [1.82, 2.24) is 4.90 Å². The van der Waals surface area contributed by atoms with E-state index in [1.54, 1.807) is 0 Å². The molecule has 0 spiro atoms. The van der Waals surface area contributed by atoms with E-state index in [9.17, 15) is 9.90 Å². The number of carboxylic acids is 1. The van der Waals surface area contributed by atoms with Crippen molar-refractivity contribution in [1.29, 1.82) is 0 Å². The van der Waals surface area contributed by atoms with Crippen LogP contribution in [0.2, 0.25) is 0 Å². The highest BCUT2D eigenvalue weighted by Crippen LogP contribution is 2.40. The van der Waals surface area contributed by atoms with Gasteiger partial charge in [-0.1, -0.05) is 33.1 Å². The molecule has 0 amide bonds. The number of hydrogen-bond acceptors (Lipinski definition) is 2. The number of likely N-dealkylation sites (tertiary alicyclic amines) is 1. The maximum atomic E-state index is 12.0. The Morgan fingerprint density at radius 1 is 1.26 bits per heavy atom. The Balaban J connectivity index is 2.11. The van der Waals surface area contributed by atoms with E-state index in [0.29, 0.717) is 11.8 Å². The van der Waals surface area contributed by atoms with Crippen LogP contribution in [0.5, 0.6) is 0 Å². The zero-order chi connectivity index (χ0) is 13.9. The van der Waals surface area contributed by atoms with Gasteiger partial charge in [0.1, 0.15) is 5.54 Å². The van der Waals surface area contributed by atoms with Crippen LogP contribution in [0, 0.1) is 11.8 Å². The van der Waals surface area contributed by atoms with E-state index < -0.39 is 11.5 Å². The Morgan fingerprint density at radius 2 is 1.95 bits per heavy atom. The third kappa shape index (κ3) is 3.31. The molecular weight excluding hydrogens is 238 g/mol. The highest BCUT2D eigenvalue weighted by molar-refractivity contribution is 5.79. The van der Waals surface area contributed by atoms with Gasteiger partial charge in [0, 0.05) is 0 Å². The Morgan fingerprint density at radius 3 is 2.53 bits per heavy atom. The van der Waals surface area contributed by atoms with Gasteiger partial charge in [-0.2, -0.15) is 0 Å². The largest absolute Gasteiger partial charge is 0.480 e.